The number of unbranched alkanes of at least 4 members (excludes halogenated alkanes) is 45. The zero-order chi connectivity index (χ0) is 85.7. The molecule has 6 aliphatic heterocycles. The van der Waals surface area contributed by atoms with Crippen molar-refractivity contribution in [2.24, 2.45) is 0 Å². The van der Waals surface area contributed by atoms with Crippen molar-refractivity contribution >= 4 is 71.3 Å². The van der Waals surface area contributed by atoms with Gasteiger partial charge in [-0.05, 0) is 77.0 Å². The Balaban J connectivity index is 0.000000703. The number of hydrogen-bond acceptors (Lipinski definition) is 18. The summed E-state index contributed by atoms with van der Waals surface area (Å²) in [5, 5.41) is 15.7. The van der Waals surface area contributed by atoms with E-state index in [4.69, 9.17) is 28.4 Å². The predicted molar refractivity (Wildman–Crippen MR) is 462 cm³/mol. The van der Waals surface area contributed by atoms with E-state index in [1.54, 1.807) is 0 Å². The molecule has 6 atom stereocenters. The molecule has 6 heterocycles. The summed E-state index contributed by atoms with van der Waals surface area (Å²) in [6.07, 6.45) is 69.6. The van der Waals surface area contributed by atoms with E-state index >= 15 is 0 Å². The lowest BCUT2D eigenvalue weighted by atomic mass is 10.1. The molecule has 117 heavy (non-hydrogen) atoms. The minimum absolute atomic E-state index is 0.0448. The molecule has 6 N–H and O–H groups in total. The van der Waals surface area contributed by atoms with Crippen molar-refractivity contribution in [2.45, 2.75) is 482 Å². The SMILES string of the molecule is CCCCCCCCCCCCCOC(=O)[C@@H]1CCC(=O)N1.CCCCCCCCCCCCOC(=O)[C@@H]1CCC(=O)N1.CCCCCCCCCCCOC(=O)[C@@H]1CCC(=O)N1.CCCCCCCCCCOC(=O)[C@@H]1CCC(=O)N1.CCCCCCCCCOC(=O)[C@@H]1CCC(=O)N1.CCCCCCCCOC(=O)[C@@H]1CCC(=O)N1. The third-order valence-corrected chi connectivity index (χ3v) is 21.9. The fourth-order valence-corrected chi connectivity index (χ4v) is 14.3. The first-order valence-corrected chi connectivity index (χ1v) is 47.7. The maximum absolute atomic E-state index is 11.6. The van der Waals surface area contributed by atoms with Crippen LogP contribution >= 0.6 is 0 Å². The zero-order valence-corrected chi connectivity index (χ0v) is 74.6. The maximum atomic E-state index is 11.6. The molecule has 6 rings (SSSR count). The van der Waals surface area contributed by atoms with Crippen molar-refractivity contribution in [3.63, 3.8) is 0 Å². The molecule has 0 bridgehead atoms. The molecule has 0 unspecified atom stereocenters. The number of nitrogens with one attached hydrogen (secondary N) is 6. The van der Waals surface area contributed by atoms with Crippen molar-refractivity contribution in [1.29, 1.82) is 0 Å². The lowest BCUT2D eigenvalue weighted by Gasteiger charge is -2.09. The Morgan fingerprint density at radius 2 is 0.291 bits per heavy atom. The maximum Gasteiger partial charge on any atom is 0.328 e. The van der Waals surface area contributed by atoms with Crippen LogP contribution in [0.4, 0.5) is 0 Å². The number of hydrogen-bond donors (Lipinski definition) is 6. The first-order chi connectivity index (χ1) is 56.9. The van der Waals surface area contributed by atoms with Gasteiger partial charge in [0.15, 0.2) is 0 Å². The summed E-state index contributed by atoms with van der Waals surface area (Å²) in [6, 6.07) is -2.41. The molecule has 678 valence electrons. The highest BCUT2D eigenvalue weighted by Gasteiger charge is 2.33. The second-order valence-corrected chi connectivity index (χ2v) is 32.9. The highest BCUT2D eigenvalue weighted by molar-refractivity contribution is 5.91. The summed E-state index contributed by atoms with van der Waals surface area (Å²) >= 11 is 0. The molecule has 0 radical (unpaired) electrons. The molecule has 6 fully saturated rings. The number of esters is 6. The van der Waals surface area contributed by atoms with E-state index in [2.05, 4.69) is 73.4 Å². The second kappa shape index (κ2) is 78.2. The summed E-state index contributed by atoms with van der Waals surface area (Å²) in [5.41, 5.74) is 0. The van der Waals surface area contributed by atoms with Crippen LogP contribution in [0.5, 0.6) is 0 Å². The quantitative estimate of drug-likeness (QED) is 0.0187. The van der Waals surface area contributed by atoms with Gasteiger partial charge in [0.25, 0.3) is 0 Å². The minimum Gasteiger partial charge on any atom is -0.464 e. The standard InChI is InChI=1S/C18H33NO3.C17H31NO3.C16H29NO3.C15H27NO3.C14H25NO3.C13H23NO3/c1-2-3-4-5-6-7-8-9-10-11-12-15-22-18(21)16-13-14-17(20)19-16;1-2-3-4-5-6-7-8-9-10-11-14-21-17(20)15-12-13-16(19)18-15;1-2-3-4-5-6-7-8-9-10-13-20-16(19)14-11-12-15(18)17-14;1-2-3-4-5-6-7-8-9-12-19-15(18)13-10-11-14(17)16-13;1-2-3-4-5-6-7-8-11-18-14(17)12-9-10-13(16)15-12;1-2-3-4-5-6-7-10-17-13(16)11-8-9-12(15)14-11/h16H,2-15H2,1H3,(H,19,20);15H,2-14H2,1H3,(H,18,19);14H,2-13H2,1H3,(H,17,18);13H,2-12H2,1H3,(H,16,17);12H,2-11H2,1H3,(H,15,16);11H,2-10H2,1H3,(H,14,15)/t16-;15-;14-;13-;12-;11-/m000000/s1. The molecule has 24 nitrogen and oxygen atoms in total. The summed E-state index contributed by atoms with van der Waals surface area (Å²) in [5.74, 6) is -1.90. The lowest BCUT2D eigenvalue weighted by Crippen LogP contribution is -2.34. The highest BCUT2D eigenvalue weighted by Crippen LogP contribution is 2.19. The molecule has 0 aromatic rings. The summed E-state index contributed by atoms with van der Waals surface area (Å²) < 4.78 is 31.0. The van der Waals surface area contributed by atoms with Crippen molar-refractivity contribution < 1.29 is 86.0 Å². The smallest absolute Gasteiger partial charge is 0.328 e. The Labute approximate surface area is 707 Å². The van der Waals surface area contributed by atoms with Crippen LogP contribution < -0.4 is 31.9 Å². The van der Waals surface area contributed by atoms with E-state index in [-0.39, 0.29) is 71.3 Å². The fourth-order valence-electron chi connectivity index (χ4n) is 14.3. The van der Waals surface area contributed by atoms with Gasteiger partial charge in [-0.15, -0.1) is 0 Å². The van der Waals surface area contributed by atoms with Gasteiger partial charge in [0.05, 0.1) is 39.6 Å². The Hall–Kier alpha value is -6.36. The molecule has 6 aliphatic rings. The normalized spacial score (nSPS) is 18.2. The van der Waals surface area contributed by atoms with Crippen LogP contribution in [0.2, 0.25) is 0 Å². The molecule has 24 heteroatoms. The van der Waals surface area contributed by atoms with E-state index in [1.165, 1.54) is 250 Å². The average Bonchev–Trinajstić information content (AvgIpc) is 1.81. The van der Waals surface area contributed by atoms with Gasteiger partial charge < -0.3 is 60.3 Å². The van der Waals surface area contributed by atoms with Crippen molar-refractivity contribution in [1.82, 2.24) is 31.9 Å². The fraction of sp³-hybridized carbons (Fsp3) is 0.871. The number of ether oxygens (including phenoxy) is 6. The lowest BCUT2D eigenvalue weighted by molar-refractivity contribution is -0.147. The molecular weight excluding hydrogens is 1490 g/mol. The predicted octanol–water partition coefficient (Wildman–Crippen LogP) is 18.9. The van der Waals surface area contributed by atoms with Crippen molar-refractivity contribution in [2.75, 3.05) is 39.6 Å². The molecule has 0 spiro atoms. The topological polar surface area (TPSA) is 332 Å². The van der Waals surface area contributed by atoms with Gasteiger partial charge in [0.1, 0.15) is 36.3 Å². The number of rotatable bonds is 63. The van der Waals surface area contributed by atoms with Gasteiger partial charge in [-0.25, -0.2) is 28.8 Å². The first kappa shape index (κ1) is 109. The summed E-state index contributed by atoms with van der Waals surface area (Å²) in [4.78, 5) is 135. The van der Waals surface area contributed by atoms with Crippen molar-refractivity contribution in [3.8, 4) is 0 Å². The molecule has 6 saturated heterocycles. The van der Waals surface area contributed by atoms with E-state index in [0.717, 1.165) is 77.0 Å². The Bertz CT molecular complexity index is 2590. The molecule has 0 aromatic heterocycles. The minimum atomic E-state index is -0.403. The molecular formula is C93H168N6O18. The number of carbonyl (C=O) groups excluding carboxylic acids is 12. The summed E-state index contributed by atoms with van der Waals surface area (Å²) in [6.45, 7) is 16.3. The van der Waals surface area contributed by atoms with Crippen LogP contribution in [0.15, 0.2) is 0 Å². The van der Waals surface area contributed by atoms with Gasteiger partial charge in [0.2, 0.25) is 35.4 Å². The Morgan fingerprint density at radius 1 is 0.188 bits per heavy atom. The third-order valence-electron chi connectivity index (χ3n) is 21.9. The van der Waals surface area contributed by atoms with Crippen LogP contribution in [0.1, 0.15) is 446 Å². The average molecular weight is 1660 g/mol. The molecule has 6 amide bonds. The number of carbonyl (C=O) groups is 12. The Morgan fingerprint density at radius 3 is 0.385 bits per heavy atom. The van der Waals surface area contributed by atoms with Gasteiger partial charge in [0, 0.05) is 38.5 Å². The van der Waals surface area contributed by atoms with Gasteiger partial charge in [-0.2, -0.15) is 0 Å². The molecule has 0 saturated carbocycles. The number of amides is 6. The van der Waals surface area contributed by atoms with E-state index in [0.29, 0.717) is 117 Å². The summed E-state index contributed by atoms with van der Waals surface area (Å²) in [7, 11) is 0. The van der Waals surface area contributed by atoms with Crippen LogP contribution in [0.3, 0.4) is 0 Å². The van der Waals surface area contributed by atoms with Crippen molar-refractivity contribution in [3.05, 3.63) is 0 Å². The van der Waals surface area contributed by atoms with Crippen LogP contribution in [0.25, 0.3) is 0 Å². The highest BCUT2D eigenvalue weighted by atomic mass is 16.6. The third kappa shape index (κ3) is 64.2. The van der Waals surface area contributed by atoms with Gasteiger partial charge in [-0.1, -0.05) is 330 Å². The molecule has 0 aromatic carbocycles. The largest absolute Gasteiger partial charge is 0.464 e. The second-order valence-electron chi connectivity index (χ2n) is 32.9. The van der Waals surface area contributed by atoms with Gasteiger partial charge >= 0.3 is 35.8 Å². The monoisotopic (exact) mass is 1660 g/mol. The Kier molecular flexibility index (Phi) is 72.6. The van der Waals surface area contributed by atoms with E-state index in [1.807, 2.05) is 0 Å². The molecule has 0 aliphatic carbocycles. The first-order valence-electron chi connectivity index (χ1n) is 47.7. The van der Waals surface area contributed by atoms with Crippen LogP contribution in [-0.4, -0.2) is 147 Å². The van der Waals surface area contributed by atoms with E-state index in [9.17, 15) is 57.5 Å². The zero-order valence-electron chi connectivity index (χ0n) is 74.6. The van der Waals surface area contributed by atoms with Crippen LogP contribution in [-0.2, 0) is 86.0 Å². The van der Waals surface area contributed by atoms with Gasteiger partial charge in [-0.3, -0.25) is 28.8 Å². The van der Waals surface area contributed by atoms with Crippen LogP contribution in [0, 0.1) is 0 Å². The van der Waals surface area contributed by atoms with E-state index < -0.39 is 36.3 Å².